The SMILES string of the molecule is CCOc1cccc(-c2nnc3n2N=C(c2ccccc2)CS3)c1. The third kappa shape index (κ3) is 2.80. The Kier molecular flexibility index (Phi) is 4.04. The van der Waals surface area contributed by atoms with E-state index in [2.05, 4.69) is 22.3 Å². The molecule has 0 atom stereocenters. The molecule has 2 aromatic carbocycles. The quantitative estimate of drug-likeness (QED) is 0.729. The van der Waals surface area contributed by atoms with E-state index in [4.69, 9.17) is 9.84 Å². The van der Waals surface area contributed by atoms with Gasteiger partial charge in [-0.3, -0.25) is 0 Å². The lowest BCUT2D eigenvalue weighted by atomic mass is 10.1. The Morgan fingerprint density at radius 3 is 2.71 bits per heavy atom. The van der Waals surface area contributed by atoms with Crippen LogP contribution in [0.4, 0.5) is 0 Å². The minimum absolute atomic E-state index is 0.632. The normalized spacial score (nSPS) is 13.3. The van der Waals surface area contributed by atoms with Crippen molar-refractivity contribution >= 4 is 17.5 Å². The molecule has 1 aliphatic heterocycles. The van der Waals surface area contributed by atoms with Gasteiger partial charge in [0.05, 0.1) is 12.3 Å². The van der Waals surface area contributed by atoms with Crippen LogP contribution in [0.15, 0.2) is 64.9 Å². The van der Waals surface area contributed by atoms with Gasteiger partial charge in [-0.25, -0.2) is 0 Å². The van der Waals surface area contributed by atoms with Crippen molar-refractivity contribution in [3.8, 4) is 17.1 Å². The van der Waals surface area contributed by atoms with Gasteiger partial charge in [-0.2, -0.15) is 9.78 Å². The van der Waals surface area contributed by atoms with Crippen molar-refractivity contribution in [3.05, 3.63) is 60.2 Å². The summed E-state index contributed by atoms with van der Waals surface area (Å²) in [4.78, 5) is 0. The molecule has 3 aromatic rings. The van der Waals surface area contributed by atoms with E-state index < -0.39 is 0 Å². The molecule has 0 spiro atoms. The Balaban J connectivity index is 1.76. The summed E-state index contributed by atoms with van der Waals surface area (Å²) >= 11 is 1.65. The fourth-order valence-electron chi connectivity index (χ4n) is 2.57. The highest BCUT2D eigenvalue weighted by molar-refractivity contribution is 7.99. The number of ether oxygens (including phenoxy) is 1. The molecule has 2 heterocycles. The number of benzene rings is 2. The Morgan fingerprint density at radius 2 is 1.88 bits per heavy atom. The van der Waals surface area contributed by atoms with Gasteiger partial charge in [0.25, 0.3) is 0 Å². The zero-order chi connectivity index (χ0) is 16.4. The molecule has 0 radical (unpaired) electrons. The molecule has 1 aromatic heterocycles. The maximum absolute atomic E-state index is 5.58. The van der Waals surface area contributed by atoms with Crippen molar-refractivity contribution in [1.29, 1.82) is 0 Å². The Labute approximate surface area is 144 Å². The molecule has 0 amide bonds. The minimum Gasteiger partial charge on any atom is -0.494 e. The first kappa shape index (κ1) is 15.0. The van der Waals surface area contributed by atoms with E-state index in [1.165, 1.54) is 0 Å². The molecule has 0 saturated heterocycles. The first-order valence-corrected chi connectivity index (χ1v) is 8.78. The van der Waals surface area contributed by atoms with Gasteiger partial charge in [0, 0.05) is 11.3 Å². The highest BCUT2D eigenvalue weighted by atomic mass is 32.2. The second kappa shape index (κ2) is 6.49. The molecule has 1 aliphatic rings. The van der Waals surface area contributed by atoms with Crippen LogP contribution in [-0.2, 0) is 0 Å². The molecule has 120 valence electrons. The number of rotatable bonds is 4. The van der Waals surface area contributed by atoms with Crippen LogP contribution in [0, 0.1) is 0 Å². The van der Waals surface area contributed by atoms with Crippen molar-refractivity contribution < 1.29 is 4.74 Å². The first-order chi connectivity index (χ1) is 11.8. The molecular weight excluding hydrogens is 320 g/mol. The predicted octanol–water partition coefficient (Wildman–Crippen LogP) is 3.70. The molecule has 0 aliphatic carbocycles. The maximum atomic E-state index is 5.58. The average Bonchev–Trinajstić information content (AvgIpc) is 3.06. The fraction of sp³-hybridized carbons (Fsp3) is 0.167. The molecule has 24 heavy (non-hydrogen) atoms. The van der Waals surface area contributed by atoms with Crippen LogP contribution in [0.3, 0.4) is 0 Å². The van der Waals surface area contributed by atoms with Gasteiger partial charge in [0.1, 0.15) is 5.75 Å². The lowest BCUT2D eigenvalue weighted by Crippen LogP contribution is -2.13. The van der Waals surface area contributed by atoms with Gasteiger partial charge in [0.2, 0.25) is 5.16 Å². The molecule has 4 rings (SSSR count). The molecule has 0 unspecified atom stereocenters. The zero-order valence-electron chi connectivity index (χ0n) is 13.2. The molecule has 0 saturated carbocycles. The van der Waals surface area contributed by atoms with E-state index in [-0.39, 0.29) is 0 Å². The summed E-state index contributed by atoms with van der Waals surface area (Å²) in [5.74, 6) is 2.34. The average molecular weight is 336 g/mol. The van der Waals surface area contributed by atoms with E-state index in [0.717, 1.165) is 39.3 Å². The highest BCUT2D eigenvalue weighted by Gasteiger charge is 2.20. The van der Waals surface area contributed by atoms with Crippen LogP contribution in [0.5, 0.6) is 5.75 Å². The van der Waals surface area contributed by atoms with Gasteiger partial charge in [0.15, 0.2) is 5.82 Å². The standard InChI is InChI=1S/C18H16N4OS/c1-2-23-15-10-6-9-14(11-15)17-19-20-18-22(17)21-16(12-24-18)13-7-4-3-5-8-13/h3-11H,2,12H2,1H3. The number of fused-ring (bicyclic) bond motifs is 1. The van der Waals surface area contributed by atoms with Gasteiger partial charge in [-0.1, -0.05) is 54.2 Å². The second-order valence-corrected chi connectivity index (χ2v) is 6.22. The zero-order valence-corrected chi connectivity index (χ0v) is 14.0. The lowest BCUT2D eigenvalue weighted by molar-refractivity contribution is 0.340. The number of hydrogen-bond donors (Lipinski definition) is 0. The summed E-state index contributed by atoms with van der Waals surface area (Å²) in [6.45, 7) is 2.60. The summed E-state index contributed by atoms with van der Waals surface area (Å²) in [6.07, 6.45) is 0. The number of aromatic nitrogens is 3. The third-order valence-corrected chi connectivity index (χ3v) is 4.61. The molecule has 0 bridgehead atoms. The van der Waals surface area contributed by atoms with Crippen molar-refractivity contribution in [2.24, 2.45) is 5.10 Å². The van der Waals surface area contributed by atoms with Crippen molar-refractivity contribution in [1.82, 2.24) is 14.9 Å². The summed E-state index contributed by atoms with van der Waals surface area (Å²) < 4.78 is 7.40. The van der Waals surface area contributed by atoms with E-state index >= 15 is 0 Å². The second-order valence-electron chi connectivity index (χ2n) is 5.28. The van der Waals surface area contributed by atoms with Crippen molar-refractivity contribution in [2.75, 3.05) is 12.4 Å². The summed E-state index contributed by atoms with van der Waals surface area (Å²) in [7, 11) is 0. The first-order valence-electron chi connectivity index (χ1n) is 7.80. The molecular formula is C18H16N4OS. The number of thioether (sulfide) groups is 1. The van der Waals surface area contributed by atoms with E-state index in [9.17, 15) is 0 Å². The molecule has 5 nitrogen and oxygen atoms in total. The highest BCUT2D eigenvalue weighted by Crippen LogP contribution is 2.29. The number of hydrogen-bond acceptors (Lipinski definition) is 5. The molecule has 6 heteroatoms. The van der Waals surface area contributed by atoms with Gasteiger partial charge < -0.3 is 4.74 Å². The fourth-order valence-corrected chi connectivity index (χ4v) is 3.41. The minimum atomic E-state index is 0.632. The summed E-state index contributed by atoms with van der Waals surface area (Å²) in [5, 5.41) is 14.2. The predicted molar refractivity (Wildman–Crippen MR) is 95.7 cm³/mol. The van der Waals surface area contributed by atoms with Crippen LogP contribution >= 0.6 is 11.8 Å². The monoisotopic (exact) mass is 336 g/mol. The topological polar surface area (TPSA) is 52.3 Å². The smallest absolute Gasteiger partial charge is 0.212 e. The van der Waals surface area contributed by atoms with E-state index in [0.29, 0.717) is 6.61 Å². The molecule has 0 N–H and O–H groups in total. The van der Waals surface area contributed by atoms with Crippen LogP contribution in [0.1, 0.15) is 12.5 Å². The van der Waals surface area contributed by atoms with Crippen molar-refractivity contribution in [3.63, 3.8) is 0 Å². The van der Waals surface area contributed by atoms with Crippen LogP contribution in [0.2, 0.25) is 0 Å². The van der Waals surface area contributed by atoms with E-state index in [1.807, 2.05) is 54.1 Å². The Morgan fingerprint density at radius 1 is 1.04 bits per heavy atom. The van der Waals surface area contributed by atoms with Gasteiger partial charge in [-0.05, 0) is 24.6 Å². The largest absolute Gasteiger partial charge is 0.494 e. The van der Waals surface area contributed by atoms with Gasteiger partial charge >= 0.3 is 0 Å². The van der Waals surface area contributed by atoms with Crippen LogP contribution in [0.25, 0.3) is 11.4 Å². The summed E-state index contributed by atoms with van der Waals surface area (Å²) in [6, 6.07) is 18.1. The molecule has 0 fully saturated rings. The van der Waals surface area contributed by atoms with Crippen LogP contribution < -0.4 is 4.74 Å². The van der Waals surface area contributed by atoms with E-state index in [1.54, 1.807) is 11.8 Å². The van der Waals surface area contributed by atoms with Crippen LogP contribution in [-0.4, -0.2) is 32.9 Å². The van der Waals surface area contributed by atoms with Crippen molar-refractivity contribution in [2.45, 2.75) is 12.1 Å². The third-order valence-electron chi connectivity index (χ3n) is 3.68. The number of nitrogens with zero attached hydrogens (tertiary/aromatic N) is 4. The Bertz CT molecular complexity index is 889. The Hall–Kier alpha value is -2.60. The maximum Gasteiger partial charge on any atom is 0.212 e. The summed E-state index contributed by atoms with van der Waals surface area (Å²) in [5.41, 5.74) is 3.09. The lowest BCUT2D eigenvalue weighted by Gasteiger charge is -2.14. The van der Waals surface area contributed by atoms with Gasteiger partial charge in [-0.15, -0.1) is 10.2 Å².